The van der Waals surface area contributed by atoms with Gasteiger partial charge in [-0.25, -0.2) is 0 Å². The molecule has 0 saturated heterocycles. The van der Waals surface area contributed by atoms with Crippen LogP contribution in [0.25, 0.3) is 33.0 Å². The van der Waals surface area contributed by atoms with Crippen LogP contribution in [0.1, 0.15) is 188 Å². The molecule has 0 amide bonds. The average molecular weight is 1110 g/mol. The Balaban J connectivity index is 0.000000150. The predicted molar refractivity (Wildman–Crippen MR) is 312 cm³/mol. The second-order valence-electron chi connectivity index (χ2n) is 27.6. The fraction of sp³-hybridized carbons (Fsp3) is 0.470. The molecular weight excluding hydrogens is 1030 g/mol. The third-order valence-corrected chi connectivity index (χ3v) is 16.5. The summed E-state index contributed by atoms with van der Waals surface area (Å²) in [7, 11) is 0. The Bertz CT molecular complexity index is 3440. The molecule has 11 nitrogen and oxygen atoms in total. The number of hydrogen-bond acceptors (Lipinski definition) is 7. The molecule has 1 aliphatic heterocycles. The molecule has 410 valence electrons. The van der Waals surface area contributed by atoms with Crippen molar-refractivity contribution in [2.75, 3.05) is 6.61 Å². The second kappa shape index (κ2) is 20.6. The van der Waals surface area contributed by atoms with Gasteiger partial charge in [-0.15, -0.1) is 0 Å². The quantitative estimate of drug-likeness (QED) is 0.0445. The number of carbonyl (C=O) groups excluding carboxylic acids is 2. The zero-order chi connectivity index (χ0) is 56.8. The van der Waals surface area contributed by atoms with Crippen LogP contribution in [0.2, 0.25) is 0 Å². The van der Waals surface area contributed by atoms with Crippen molar-refractivity contribution in [3.63, 3.8) is 0 Å². The molecule has 0 bridgehead atoms. The van der Waals surface area contributed by atoms with E-state index in [0.717, 1.165) is 70.6 Å². The molecule has 1 atom stereocenters. The molecule has 12 heteroatoms. The molecule has 3 heterocycles. The molecule has 0 unspecified atom stereocenters. The molecule has 0 fully saturated rings. The van der Waals surface area contributed by atoms with Crippen molar-refractivity contribution in [3.8, 4) is 0 Å². The number of nitrogens with one attached hydrogen (secondary N) is 1. The number of ether oxygens (including phenoxy) is 1. The number of nitro groups is 1. The number of aromatic nitrogens is 2. The van der Waals surface area contributed by atoms with Gasteiger partial charge in [0.05, 0.1) is 49.9 Å². The van der Waals surface area contributed by atoms with Gasteiger partial charge < -0.3 is 20.1 Å². The van der Waals surface area contributed by atoms with E-state index < -0.39 is 10.3 Å². The summed E-state index contributed by atoms with van der Waals surface area (Å²) in [5, 5.41) is 36.3. The van der Waals surface area contributed by atoms with Crippen molar-refractivity contribution in [1.29, 1.82) is 0 Å². The summed E-state index contributed by atoms with van der Waals surface area (Å²) in [5.74, 6) is 0.108. The van der Waals surface area contributed by atoms with Crippen molar-refractivity contribution < 1.29 is 48.7 Å². The van der Waals surface area contributed by atoms with E-state index in [0.29, 0.717) is 22.2 Å². The van der Waals surface area contributed by atoms with Crippen LogP contribution in [0.5, 0.6) is 0 Å². The van der Waals surface area contributed by atoms with Crippen LogP contribution in [-0.2, 0) is 39.8 Å². The molecule has 2 N–H and O–H groups in total. The number of rotatable bonds is 4. The normalized spacial score (nSPS) is 21.7. The first-order valence-electron chi connectivity index (χ1n) is 27.4. The van der Waals surface area contributed by atoms with Gasteiger partial charge in [-0.3, -0.25) is 19.7 Å². The average Bonchev–Trinajstić information content (AvgIpc) is 4.20. The number of para-hydroxylation sites is 4. The minimum absolute atomic E-state index is 0. The first-order valence-corrected chi connectivity index (χ1v) is 27.4. The Hall–Kier alpha value is -5.97. The van der Waals surface area contributed by atoms with Crippen LogP contribution in [0.15, 0.2) is 109 Å². The number of Topliss-reactive ketones (excluding diaryl/α,β-unsaturated/α-hetero) is 2. The third kappa shape index (κ3) is 10.9. The monoisotopic (exact) mass is 1110 g/mol. The third-order valence-electron chi connectivity index (χ3n) is 16.5. The van der Waals surface area contributed by atoms with Crippen LogP contribution >= 0.6 is 0 Å². The fourth-order valence-corrected chi connectivity index (χ4v) is 14.7. The van der Waals surface area contributed by atoms with E-state index in [1.807, 2.05) is 76.2 Å². The van der Waals surface area contributed by atoms with Gasteiger partial charge in [0.15, 0.2) is 11.6 Å². The van der Waals surface area contributed by atoms with Gasteiger partial charge in [-0.05, 0) is 87.0 Å². The topological polar surface area (TPSA) is 154 Å². The number of carbonyl (C=O) groups is 2. The maximum absolute atomic E-state index is 12.7. The predicted octanol–water partition coefficient (Wildman–Crippen LogP) is 16.8. The van der Waals surface area contributed by atoms with Crippen molar-refractivity contribution >= 4 is 61.6 Å². The van der Waals surface area contributed by atoms with Gasteiger partial charge in [0.1, 0.15) is 0 Å². The maximum Gasteiger partial charge on any atom is 0.277 e. The van der Waals surface area contributed by atoms with Gasteiger partial charge in [-0.2, -0.15) is 9.47 Å². The molecule has 0 radical (unpaired) electrons. The zero-order valence-corrected chi connectivity index (χ0v) is 52.4. The van der Waals surface area contributed by atoms with E-state index in [-0.39, 0.29) is 80.7 Å². The Labute approximate surface area is 475 Å². The molecule has 4 aliphatic carbocycles. The SMILES string of the molecule is CC1(C)C=C(c2ccccc2[N+](=O)[O-])C(=O)C(C)(C)C1.CC1(C)C=C2C(=[N+]([O-])c3ccccc32)C(C)(C)C1.CC1(C)CC(C)(C)c2c(c3ccccc3n2O)C1=O.CCO[C@@H]1c2c([nH]c3ccccc23)C(C)(C)CC1(C)C.[Zn]. The number of nitro benzene ring substituents is 1. The van der Waals surface area contributed by atoms with Crippen molar-refractivity contribution in [2.24, 2.45) is 32.5 Å². The van der Waals surface area contributed by atoms with Crippen molar-refractivity contribution in [2.45, 2.75) is 160 Å². The standard InChI is InChI=1S/C18H25NO.C16H19NO3.C16H19NO2.C16H19NO.Zn/c1-6-20-16-14-12-9-7-8-10-13(12)19-15(14)17(2,3)11-18(16,4)5;1-15(2)9-12(14(18)16(3,4)10-15)11-7-5-6-8-13(11)17(19)20;1-15(2)9-16(3,4)14(18)12-10-7-5-6-8-11(10)17(19)13(12)15;1-15(2)9-12-11-7-5-6-8-13(11)17(18)14(12)16(3,4)10-15;/h7-10,16,19H,6,11H2,1-5H3;5-9H,10H2,1-4H3;5-8,19H,9H2,1-4H3;5-9H,10H2,1-4H3;/t16-;;;;/m1..../s1. The molecule has 4 aromatic carbocycles. The molecule has 6 aromatic rings. The fourth-order valence-electron chi connectivity index (χ4n) is 14.7. The van der Waals surface area contributed by atoms with E-state index in [2.05, 4.69) is 131 Å². The number of H-pyrrole nitrogens is 1. The van der Waals surface area contributed by atoms with Gasteiger partial charge in [0, 0.05) is 93.0 Å². The first kappa shape index (κ1) is 59.7. The number of aromatic amines is 1. The Morgan fingerprint density at radius 2 is 1.17 bits per heavy atom. The van der Waals surface area contributed by atoms with Gasteiger partial charge >= 0.3 is 0 Å². The molecule has 5 aliphatic rings. The van der Waals surface area contributed by atoms with Crippen molar-refractivity contribution in [3.05, 3.63) is 158 Å². The van der Waals surface area contributed by atoms with Crippen molar-refractivity contribution in [1.82, 2.24) is 9.71 Å². The van der Waals surface area contributed by atoms with Crippen LogP contribution in [0.3, 0.4) is 0 Å². The summed E-state index contributed by atoms with van der Waals surface area (Å²) in [6.45, 7) is 37.1. The van der Waals surface area contributed by atoms with Crippen LogP contribution in [0, 0.1) is 47.8 Å². The van der Waals surface area contributed by atoms with Gasteiger partial charge in [0.2, 0.25) is 11.4 Å². The summed E-state index contributed by atoms with van der Waals surface area (Å²) in [6.07, 6.45) is 7.93. The maximum atomic E-state index is 12.7. The smallest absolute Gasteiger partial charge is 0.277 e. The number of fused-ring (bicyclic) bond motifs is 9. The summed E-state index contributed by atoms with van der Waals surface area (Å²) < 4.78 is 8.51. The number of nitrogens with zero attached hydrogens (tertiary/aromatic N) is 3. The number of allylic oxidation sites excluding steroid dienone is 4. The van der Waals surface area contributed by atoms with E-state index >= 15 is 0 Å². The summed E-state index contributed by atoms with van der Waals surface area (Å²) in [5.41, 5.74) is 10.1. The molecule has 2 aromatic heterocycles. The number of ketones is 2. The van der Waals surface area contributed by atoms with E-state index in [1.54, 1.807) is 18.2 Å². The Morgan fingerprint density at radius 1 is 0.641 bits per heavy atom. The molecule has 78 heavy (non-hydrogen) atoms. The number of benzene rings is 4. The molecular formula is C66H82N4O7Zn. The minimum Gasteiger partial charge on any atom is -0.618 e. The minimum atomic E-state index is -0.503. The Kier molecular flexibility index (Phi) is 15.8. The second-order valence-corrected chi connectivity index (χ2v) is 27.6. The zero-order valence-electron chi connectivity index (χ0n) is 49.5. The Morgan fingerprint density at radius 3 is 1.79 bits per heavy atom. The summed E-state index contributed by atoms with van der Waals surface area (Å²) in [4.78, 5) is 39.7. The number of hydrogen-bond donors (Lipinski definition) is 2. The summed E-state index contributed by atoms with van der Waals surface area (Å²) >= 11 is 0. The van der Waals surface area contributed by atoms with Crippen LogP contribution in [0.4, 0.5) is 11.4 Å². The molecule has 0 saturated carbocycles. The van der Waals surface area contributed by atoms with Crippen LogP contribution < -0.4 is 0 Å². The van der Waals surface area contributed by atoms with Gasteiger partial charge in [0.25, 0.3) is 5.69 Å². The summed E-state index contributed by atoms with van der Waals surface area (Å²) in [6, 6.07) is 30.5. The molecule has 0 spiro atoms. The van der Waals surface area contributed by atoms with Gasteiger partial charge in [-0.1, -0.05) is 170 Å². The largest absolute Gasteiger partial charge is 0.618 e. The first-order chi connectivity index (χ1) is 35.6. The molecule has 11 rings (SSSR count). The van der Waals surface area contributed by atoms with E-state index in [1.165, 1.54) is 33.0 Å². The van der Waals surface area contributed by atoms with E-state index in [4.69, 9.17) is 4.74 Å². The van der Waals surface area contributed by atoms with Crippen LogP contribution in [-0.4, -0.2) is 48.5 Å². The van der Waals surface area contributed by atoms with E-state index in [9.17, 15) is 30.1 Å².